The highest BCUT2D eigenvalue weighted by Crippen LogP contribution is 2.30. The van der Waals surface area contributed by atoms with E-state index in [4.69, 9.17) is 16.2 Å². The van der Waals surface area contributed by atoms with E-state index in [0.717, 1.165) is 34.6 Å². The number of ketones is 1. The van der Waals surface area contributed by atoms with Crippen LogP contribution in [0.4, 0.5) is 35.4 Å². The summed E-state index contributed by atoms with van der Waals surface area (Å²) in [6.45, 7) is 8.44. The van der Waals surface area contributed by atoms with Gasteiger partial charge in [-0.2, -0.15) is 0 Å². The molecule has 93 heavy (non-hydrogen) atoms. The number of carbonyl (C=O) groups excluding carboxylic acids is 10. The highest BCUT2D eigenvalue weighted by atomic mass is 19.3. The van der Waals surface area contributed by atoms with Crippen LogP contribution >= 0.6 is 0 Å². The number of amides is 10. The van der Waals surface area contributed by atoms with Gasteiger partial charge in [0.25, 0.3) is 29.6 Å². The van der Waals surface area contributed by atoms with Crippen molar-refractivity contribution in [3.05, 3.63) is 136 Å². The molecule has 0 unspecified atom stereocenters. The first-order valence-corrected chi connectivity index (χ1v) is 31.4. The van der Waals surface area contributed by atoms with E-state index in [-0.39, 0.29) is 98.0 Å². The molecule has 0 fully saturated rings. The number of nitrogens with two attached hydrogens (primary N) is 2. The Labute approximate surface area is 539 Å². The van der Waals surface area contributed by atoms with Gasteiger partial charge >= 0.3 is 12.1 Å². The molecule has 0 spiro atoms. The van der Waals surface area contributed by atoms with Gasteiger partial charge < -0.3 is 53.0 Å². The Morgan fingerprint density at radius 1 is 0.785 bits per heavy atom. The number of nitrogens with one attached hydrogen (secondary N) is 6. The molecule has 26 heteroatoms. The SMILES string of the molecule is CCCN(CCC)C(=O)C1=Cc2ccc(C(=O)Nc3cnc4c(c3)CN(Cc3ccc(C(=O)NCC(F)(F)CNC(=O)OCc5ccc(NC(=O)[C@H](CCCNC(N)=O)CC(=O)[C@@H](NC(=O)CCCCCN6C(=O)C=CC6=O)C(C)C)cc5)cc3)CC4)cc2N=C(N)C1. The smallest absolute Gasteiger partial charge is 0.407 e. The molecule has 0 radical (unpaired) electrons. The maximum atomic E-state index is 15.0. The topological polar surface area (TPSA) is 339 Å². The molecule has 4 heterocycles. The molecule has 3 aliphatic rings. The normalized spacial score (nSPS) is 14.3. The van der Waals surface area contributed by atoms with Crippen LogP contribution in [0.2, 0.25) is 0 Å². The Kier molecular flexibility index (Phi) is 25.9. The van der Waals surface area contributed by atoms with Crippen molar-refractivity contribution in [2.45, 2.75) is 130 Å². The van der Waals surface area contributed by atoms with Gasteiger partial charge in [-0.3, -0.25) is 53.1 Å². The van der Waals surface area contributed by atoms with Gasteiger partial charge in [0.1, 0.15) is 12.4 Å². The summed E-state index contributed by atoms with van der Waals surface area (Å²) in [5, 5.41) is 15.2. The van der Waals surface area contributed by atoms with E-state index in [2.05, 4.69) is 41.5 Å². The van der Waals surface area contributed by atoms with Gasteiger partial charge in [-0.15, -0.1) is 0 Å². The van der Waals surface area contributed by atoms with Gasteiger partial charge in [-0.1, -0.05) is 64.4 Å². The van der Waals surface area contributed by atoms with Gasteiger partial charge in [-0.25, -0.2) is 23.4 Å². The summed E-state index contributed by atoms with van der Waals surface area (Å²) in [7, 11) is 0. The Morgan fingerprint density at radius 2 is 1.47 bits per heavy atom. The summed E-state index contributed by atoms with van der Waals surface area (Å²) < 4.78 is 35.1. The summed E-state index contributed by atoms with van der Waals surface area (Å²) in [6, 6.07) is 18.0. The summed E-state index contributed by atoms with van der Waals surface area (Å²) in [5.74, 6) is -7.66. The highest BCUT2D eigenvalue weighted by Gasteiger charge is 2.33. The molecule has 4 aromatic rings. The summed E-state index contributed by atoms with van der Waals surface area (Å²) in [4.78, 5) is 142. The molecule has 0 saturated carbocycles. The number of alkyl carbamates (subject to hydrolysis) is 1. The number of hydrogen-bond donors (Lipinski definition) is 8. The lowest BCUT2D eigenvalue weighted by atomic mass is 9.89. The number of Topliss-reactive ketones (excluding diaryl/α,β-unsaturated/α-hetero) is 1. The summed E-state index contributed by atoms with van der Waals surface area (Å²) >= 11 is 0. The Morgan fingerprint density at radius 3 is 2.16 bits per heavy atom. The van der Waals surface area contributed by atoms with Crippen molar-refractivity contribution in [1.29, 1.82) is 0 Å². The second-order valence-corrected chi connectivity index (χ2v) is 23.7. The Balaban J connectivity index is 0.815. The highest BCUT2D eigenvalue weighted by molar-refractivity contribution is 6.13. The number of pyridine rings is 1. The van der Waals surface area contributed by atoms with Crippen LogP contribution < -0.4 is 43.4 Å². The third kappa shape index (κ3) is 21.7. The Bertz CT molecular complexity index is 3460. The van der Waals surface area contributed by atoms with Crippen LogP contribution in [0.3, 0.4) is 0 Å². The van der Waals surface area contributed by atoms with Crippen molar-refractivity contribution >= 4 is 88.2 Å². The lowest BCUT2D eigenvalue weighted by Gasteiger charge is -2.28. The number of rotatable bonds is 33. The molecule has 496 valence electrons. The number of fused-ring (bicyclic) bond motifs is 2. The standard InChI is InChI=1S/C67H83F2N13O11/c1-5-27-81(28-6-2)64(90)49-31-46-19-20-48(33-54(46)78-56(70)35-49)63(89)77-52-32-50-38-80(30-25-53(50)73-36-52)37-43-13-17-45(18-14-43)61(87)74-40-67(68,69)41-75-66(92)93-39-44-15-21-51(22-16-44)76-62(88)47(11-10-26-72-65(71)91)34-55(83)60(42(3)4)79-57(84)12-8-7-9-29-82-58(85)23-24-59(82)86/h13-24,31-33,36,42,47,60H,5-12,25-30,34-35,37-41H2,1-4H3,(H2,70,78)(H,74,87)(H,75,92)(H,76,88)(H,77,89)(H,79,84)(H3,71,72,91)/t47-,60+/m1/s1. The number of alkyl halides is 2. The minimum Gasteiger partial charge on any atom is -0.445 e. The van der Waals surface area contributed by atoms with Crippen molar-refractivity contribution < 1.29 is 61.5 Å². The average molecular weight is 1280 g/mol. The van der Waals surface area contributed by atoms with E-state index in [1.807, 2.05) is 30.1 Å². The van der Waals surface area contributed by atoms with E-state index in [9.17, 15) is 56.7 Å². The molecule has 3 aromatic carbocycles. The van der Waals surface area contributed by atoms with Crippen LogP contribution in [0.15, 0.2) is 102 Å². The van der Waals surface area contributed by atoms with Crippen LogP contribution in [-0.2, 0) is 59.6 Å². The lowest BCUT2D eigenvalue weighted by molar-refractivity contribution is -0.137. The van der Waals surface area contributed by atoms with Gasteiger partial charge in [-0.05, 0) is 110 Å². The van der Waals surface area contributed by atoms with E-state index < -0.39 is 54.9 Å². The third-order valence-electron chi connectivity index (χ3n) is 15.8. The number of halogens is 2. The molecule has 0 aliphatic carbocycles. The van der Waals surface area contributed by atoms with E-state index >= 15 is 0 Å². The quantitative estimate of drug-likeness (QED) is 0.0173. The molecule has 10 N–H and O–H groups in total. The molecule has 1 aromatic heterocycles. The average Bonchev–Trinajstić information content (AvgIpc) is 1.81. The molecular weight excluding hydrogens is 1200 g/mol. The fourth-order valence-electron chi connectivity index (χ4n) is 10.8. The number of benzene rings is 3. The fraction of sp³-hybridized carbons (Fsp3) is 0.433. The zero-order valence-electron chi connectivity index (χ0n) is 53.0. The second-order valence-electron chi connectivity index (χ2n) is 23.7. The minimum absolute atomic E-state index is 0.0779. The molecule has 7 rings (SSSR count). The number of nitrogens with zero attached hydrogens (tertiary/aromatic N) is 5. The molecule has 3 aliphatic heterocycles. The van der Waals surface area contributed by atoms with Crippen LogP contribution in [-0.4, -0.2) is 143 Å². The number of hydrogen-bond acceptors (Lipinski definition) is 15. The number of primary amides is 1. The molecule has 24 nitrogen and oxygen atoms in total. The van der Waals surface area contributed by atoms with E-state index in [1.54, 1.807) is 68.6 Å². The first kappa shape index (κ1) is 70.7. The zero-order valence-corrected chi connectivity index (χ0v) is 53.0. The molecular formula is C67H83F2N13O11. The number of amidine groups is 1. The van der Waals surface area contributed by atoms with Gasteiger partial charge in [0.05, 0.1) is 36.7 Å². The van der Waals surface area contributed by atoms with E-state index in [0.29, 0.717) is 104 Å². The second kappa shape index (κ2) is 34.1. The number of unbranched alkanes of at least 4 members (excludes halogenated alkanes) is 2. The number of carbonyl (C=O) groups is 10. The first-order valence-electron chi connectivity index (χ1n) is 31.4. The van der Waals surface area contributed by atoms with Crippen LogP contribution in [0.1, 0.15) is 141 Å². The Hall–Kier alpha value is -9.72. The molecule has 0 saturated heterocycles. The predicted molar refractivity (Wildman–Crippen MR) is 346 cm³/mol. The zero-order chi connectivity index (χ0) is 67.2. The predicted octanol–water partition coefficient (Wildman–Crippen LogP) is 7.20. The number of aromatic nitrogens is 1. The fourth-order valence-corrected chi connectivity index (χ4v) is 10.8. The number of ether oxygens (including phenoxy) is 1. The van der Waals surface area contributed by atoms with Gasteiger partial charge in [0.15, 0.2) is 5.78 Å². The van der Waals surface area contributed by atoms with Crippen LogP contribution in [0.5, 0.6) is 0 Å². The van der Waals surface area contributed by atoms with Gasteiger partial charge in [0.2, 0.25) is 17.7 Å². The maximum Gasteiger partial charge on any atom is 0.407 e. The number of urea groups is 1. The monoisotopic (exact) mass is 1280 g/mol. The molecule has 0 bridgehead atoms. The molecule has 2 atom stereocenters. The lowest BCUT2D eigenvalue weighted by Crippen LogP contribution is -2.45. The van der Waals surface area contributed by atoms with Crippen LogP contribution in [0.25, 0.3) is 6.08 Å². The minimum atomic E-state index is -3.55. The van der Waals surface area contributed by atoms with Gasteiger partial charge in [0, 0.05) is 123 Å². The maximum absolute atomic E-state index is 15.0. The van der Waals surface area contributed by atoms with Crippen molar-refractivity contribution in [2.75, 3.05) is 56.4 Å². The number of anilines is 2. The third-order valence-corrected chi connectivity index (χ3v) is 15.8. The largest absolute Gasteiger partial charge is 0.445 e. The number of aliphatic imine (C=N–C) groups is 1. The van der Waals surface area contributed by atoms with Crippen molar-refractivity contribution in [2.24, 2.45) is 28.3 Å². The van der Waals surface area contributed by atoms with Crippen LogP contribution in [0, 0.1) is 11.8 Å². The number of imide groups is 1. The first-order chi connectivity index (χ1) is 44.5. The van der Waals surface area contributed by atoms with Crippen molar-refractivity contribution in [3.8, 4) is 0 Å². The summed E-state index contributed by atoms with van der Waals surface area (Å²) in [5.41, 5.74) is 17.7. The van der Waals surface area contributed by atoms with Crippen molar-refractivity contribution in [1.82, 2.24) is 41.0 Å². The molecule has 10 amide bonds. The summed E-state index contributed by atoms with van der Waals surface area (Å²) in [6.07, 6.45) is 9.09. The van der Waals surface area contributed by atoms with Crippen molar-refractivity contribution in [3.63, 3.8) is 0 Å². The van der Waals surface area contributed by atoms with E-state index in [1.165, 1.54) is 36.4 Å².